The Morgan fingerprint density at radius 1 is 1.10 bits per heavy atom. The lowest BCUT2D eigenvalue weighted by Gasteiger charge is -2.36. The predicted octanol–water partition coefficient (Wildman–Crippen LogP) is 6.30. The molecule has 2 aromatic carbocycles. The summed E-state index contributed by atoms with van der Waals surface area (Å²) >= 11 is 1.80. The lowest BCUT2D eigenvalue weighted by molar-refractivity contribution is 0.0934. The molecule has 4 heteroatoms. The van der Waals surface area contributed by atoms with Crippen molar-refractivity contribution in [1.82, 2.24) is 5.32 Å². The largest absolute Gasteiger partial charge is 0.353 e. The summed E-state index contributed by atoms with van der Waals surface area (Å²) in [5.41, 5.74) is 3.63. The van der Waals surface area contributed by atoms with Gasteiger partial charge in [-0.3, -0.25) is 4.79 Å². The van der Waals surface area contributed by atoms with Crippen molar-refractivity contribution in [3.8, 4) is 0 Å². The van der Waals surface area contributed by atoms with E-state index >= 15 is 0 Å². The van der Waals surface area contributed by atoms with Gasteiger partial charge in [0.15, 0.2) is 0 Å². The number of hydrogen-bond donors (Lipinski definition) is 2. The van der Waals surface area contributed by atoms with E-state index in [1.54, 1.807) is 11.3 Å². The van der Waals surface area contributed by atoms with Gasteiger partial charge in [-0.2, -0.15) is 0 Å². The highest BCUT2D eigenvalue weighted by atomic mass is 32.1. The first-order valence-corrected chi connectivity index (χ1v) is 11.5. The Hall–Kier alpha value is -2.33. The molecule has 2 atom stereocenters. The van der Waals surface area contributed by atoms with Gasteiger partial charge < -0.3 is 10.6 Å². The van der Waals surface area contributed by atoms with Crippen LogP contribution in [0.3, 0.4) is 0 Å². The van der Waals surface area contributed by atoms with Gasteiger partial charge in [0.05, 0.1) is 5.56 Å². The highest BCUT2D eigenvalue weighted by molar-refractivity contribution is 7.16. The standard InChI is InChI=1S/C25H28N2OS/c1-4-25(2,3)18-11-12-19-20(14-18)29-24-21(19)23(28)26-22(27-24)17-10-9-15-7-5-6-8-16(15)13-17/h5-10,13,18,22,27H,4,11-12,14H2,1-3H3,(H,26,28)/t18-,22+/m0/s1. The van der Waals surface area contributed by atoms with Gasteiger partial charge in [0.1, 0.15) is 11.2 Å². The van der Waals surface area contributed by atoms with E-state index in [0.717, 1.165) is 29.0 Å². The molecule has 1 aliphatic heterocycles. The number of nitrogens with one attached hydrogen (secondary N) is 2. The maximum Gasteiger partial charge on any atom is 0.256 e. The van der Waals surface area contributed by atoms with Crippen molar-refractivity contribution < 1.29 is 4.79 Å². The van der Waals surface area contributed by atoms with Crippen LogP contribution in [-0.4, -0.2) is 5.91 Å². The topological polar surface area (TPSA) is 41.1 Å². The first-order chi connectivity index (χ1) is 14.0. The summed E-state index contributed by atoms with van der Waals surface area (Å²) in [6.45, 7) is 7.06. The van der Waals surface area contributed by atoms with Crippen molar-refractivity contribution >= 4 is 33.0 Å². The molecule has 0 spiro atoms. The summed E-state index contributed by atoms with van der Waals surface area (Å²) in [5.74, 6) is 0.766. The van der Waals surface area contributed by atoms with Crippen molar-refractivity contribution in [1.29, 1.82) is 0 Å². The third-order valence-electron chi connectivity index (χ3n) is 7.17. The number of thiophene rings is 1. The van der Waals surface area contributed by atoms with Crippen LogP contribution in [0.25, 0.3) is 10.8 Å². The molecule has 2 heterocycles. The molecule has 1 aromatic heterocycles. The average Bonchev–Trinajstić information content (AvgIpc) is 3.11. The molecule has 3 aromatic rings. The fourth-order valence-corrected chi connectivity index (χ4v) is 6.16. The van der Waals surface area contributed by atoms with Crippen molar-refractivity contribution in [2.45, 2.75) is 52.6 Å². The van der Waals surface area contributed by atoms with Crippen LogP contribution in [0.4, 0.5) is 5.00 Å². The second-order valence-corrected chi connectivity index (χ2v) is 10.3. The van der Waals surface area contributed by atoms with E-state index in [2.05, 4.69) is 73.9 Å². The second-order valence-electron chi connectivity index (χ2n) is 9.15. The maximum absolute atomic E-state index is 13.1. The molecule has 0 saturated carbocycles. The number of benzene rings is 2. The van der Waals surface area contributed by atoms with E-state index in [-0.39, 0.29) is 12.1 Å². The lowest BCUT2D eigenvalue weighted by atomic mass is 9.69. The molecule has 0 saturated heterocycles. The average molecular weight is 405 g/mol. The van der Waals surface area contributed by atoms with Crippen molar-refractivity contribution in [3.63, 3.8) is 0 Å². The predicted molar refractivity (Wildman–Crippen MR) is 122 cm³/mol. The molecule has 29 heavy (non-hydrogen) atoms. The third kappa shape index (κ3) is 3.14. The van der Waals surface area contributed by atoms with Crippen LogP contribution in [0, 0.1) is 11.3 Å². The van der Waals surface area contributed by atoms with E-state index in [4.69, 9.17) is 0 Å². The minimum absolute atomic E-state index is 0.0719. The number of rotatable bonds is 3. The minimum atomic E-state index is -0.178. The van der Waals surface area contributed by atoms with E-state index < -0.39 is 0 Å². The molecule has 2 N–H and O–H groups in total. The van der Waals surface area contributed by atoms with Gasteiger partial charge in [0.2, 0.25) is 0 Å². The van der Waals surface area contributed by atoms with Gasteiger partial charge in [-0.05, 0) is 58.6 Å². The van der Waals surface area contributed by atoms with Crippen molar-refractivity contribution in [2.24, 2.45) is 11.3 Å². The van der Waals surface area contributed by atoms with E-state index in [1.165, 1.54) is 34.1 Å². The molecule has 0 fully saturated rings. The molecule has 2 aliphatic rings. The smallest absolute Gasteiger partial charge is 0.256 e. The lowest BCUT2D eigenvalue weighted by Crippen LogP contribution is -2.38. The first kappa shape index (κ1) is 18.7. The third-order valence-corrected chi connectivity index (χ3v) is 8.35. The van der Waals surface area contributed by atoms with Crippen LogP contribution in [0.15, 0.2) is 42.5 Å². The summed E-state index contributed by atoms with van der Waals surface area (Å²) in [5, 5.41) is 10.3. The monoisotopic (exact) mass is 404 g/mol. The number of amides is 1. The van der Waals surface area contributed by atoms with Crippen LogP contribution >= 0.6 is 11.3 Å². The first-order valence-electron chi connectivity index (χ1n) is 10.7. The van der Waals surface area contributed by atoms with Crippen LogP contribution in [0.5, 0.6) is 0 Å². The van der Waals surface area contributed by atoms with Gasteiger partial charge in [0.25, 0.3) is 5.91 Å². The number of carbonyl (C=O) groups excluding carboxylic acids is 1. The summed E-state index contributed by atoms with van der Waals surface area (Å²) in [4.78, 5) is 14.5. The molecule has 1 amide bonds. The Labute approximate surface area is 176 Å². The van der Waals surface area contributed by atoms with Crippen LogP contribution < -0.4 is 10.6 Å². The van der Waals surface area contributed by atoms with Gasteiger partial charge in [-0.15, -0.1) is 11.3 Å². The van der Waals surface area contributed by atoms with E-state index in [1.807, 2.05) is 0 Å². The molecule has 3 nitrogen and oxygen atoms in total. The Bertz CT molecular complexity index is 1100. The highest BCUT2D eigenvalue weighted by Gasteiger charge is 2.37. The zero-order valence-corrected chi connectivity index (χ0v) is 18.2. The summed E-state index contributed by atoms with van der Waals surface area (Å²) in [6, 6.07) is 14.8. The summed E-state index contributed by atoms with van der Waals surface area (Å²) < 4.78 is 0. The van der Waals surface area contributed by atoms with Crippen molar-refractivity contribution in [3.05, 3.63) is 64.0 Å². The van der Waals surface area contributed by atoms with Crippen LogP contribution in [0.1, 0.15) is 66.1 Å². The van der Waals surface area contributed by atoms with Gasteiger partial charge >= 0.3 is 0 Å². The van der Waals surface area contributed by atoms with Gasteiger partial charge in [-0.1, -0.05) is 63.6 Å². The Kier molecular flexibility index (Phi) is 4.43. The van der Waals surface area contributed by atoms with Gasteiger partial charge in [-0.25, -0.2) is 0 Å². The SMILES string of the molecule is CCC(C)(C)[C@H]1CCc2c(sc3c2C(=O)N[C@@H](c2ccc4ccccc4c2)N3)C1. The molecule has 0 unspecified atom stereocenters. The highest BCUT2D eigenvalue weighted by Crippen LogP contribution is 2.47. The molecule has 5 rings (SSSR count). The molecular weight excluding hydrogens is 376 g/mol. The Balaban J connectivity index is 1.46. The fourth-order valence-electron chi connectivity index (χ4n) is 4.81. The molecule has 0 radical (unpaired) electrons. The molecule has 1 aliphatic carbocycles. The molecular formula is C25H28N2OS. The zero-order valence-electron chi connectivity index (χ0n) is 17.3. The second kappa shape index (κ2) is 6.88. The summed E-state index contributed by atoms with van der Waals surface area (Å²) in [6.07, 6.45) is 4.32. The molecule has 0 bridgehead atoms. The molecule has 150 valence electrons. The van der Waals surface area contributed by atoms with Gasteiger partial charge in [0, 0.05) is 4.88 Å². The summed E-state index contributed by atoms with van der Waals surface area (Å²) in [7, 11) is 0. The van der Waals surface area contributed by atoms with E-state index in [9.17, 15) is 4.79 Å². The fraction of sp³-hybridized carbons (Fsp3) is 0.400. The van der Waals surface area contributed by atoms with Crippen LogP contribution in [-0.2, 0) is 12.8 Å². The maximum atomic E-state index is 13.1. The number of hydrogen-bond acceptors (Lipinski definition) is 3. The van der Waals surface area contributed by atoms with Crippen LogP contribution in [0.2, 0.25) is 0 Å². The number of fused-ring (bicyclic) bond motifs is 4. The Morgan fingerprint density at radius 2 is 1.90 bits per heavy atom. The Morgan fingerprint density at radius 3 is 2.69 bits per heavy atom. The quantitative estimate of drug-likeness (QED) is 0.538. The number of carbonyl (C=O) groups is 1. The number of anilines is 1. The zero-order chi connectivity index (χ0) is 20.2. The van der Waals surface area contributed by atoms with Crippen molar-refractivity contribution in [2.75, 3.05) is 5.32 Å². The minimum Gasteiger partial charge on any atom is -0.353 e. The normalized spacial score (nSPS) is 21.3. The van der Waals surface area contributed by atoms with E-state index in [0.29, 0.717) is 11.3 Å².